The molecule has 8 nitrogen and oxygen atoms in total. The van der Waals surface area contributed by atoms with E-state index in [2.05, 4.69) is 31.4 Å². The maximum atomic E-state index is 12.5. The van der Waals surface area contributed by atoms with E-state index in [4.69, 9.17) is 4.74 Å². The number of hydrogen-bond acceptors (Lipinski definition) is 7. The summed E-state index contributed by atoms with van der Waals surface area (Å²) in [6.45, 7) is 1.82. The summed E-state index contributed by atoms with van der Waals surface area (Å²) < 4.78 is 6.75. The Balaban J connectivity index is 1.70. The molecule has 0 atom stereocenters. The number of aromatic nitrogens is 2. The molecule has 1 aromatic carbocycles. The molecule has 0 saturated heterocycles. The van der Waals surface area contributed by atoms with Crippen molar-refractivity contribution in [3.8, 4) is 11.5 Å². The number of amides is 1. The Morgan fingerprint density at radius 2 is 2.25 bits per heavy atom. The summed E-state index contributed by atoms with van der Waals surface area (Å²) in [5.74, 6) is -0.212. The number of carbonyl (C=O) groups excluding carboxylic acids is 1. The van der Waals surface area contributed by atoms with Crippen molar-refractivity contribution in [1.82, 2.24) is 15.0 Å². The van der Waals surface area contributed by atoms with Gasteiger partial charge in [-0.05, 0) is 46.1 Å². The van der Waals surface area contributed by atoms with Gasteiger partial charge in [0.15, 0.2) is 11.5 Å². The first-order valence-electron chi connectivity index (χ1n) is 8.29. The SMILES string of the molecule is CCc1cc2c(=O)n(CC(=O)NN=Cc3cc(Br)c(O)c(OC)c3)cnc2s1. The molecule has 0 bridgehead atoms. The monoisotopic (exact) mass is 464 g/mol. The van der Waals surface area contributed by atoms with Gasteiger partial charge in [0.25, 0.3) is 11.5 Å². The second-order valence-corrected chi connectivity index (χ2v) is 7.78. The summed E-state index contributed by atoms with van der Waals surface area (Å²) in [6, 6.07) is 5.01. The van der Waals surface area contributed by atoms with Gasteiger partial charge in [-0.2, -0.15) is 5.10 Å². The van der Waals surface area contributed by atoms with Crippen LogP contribution in [-0.2, 0) is 17.8 Å². The topological polar surface area (TPSA) is 106 Å². The summed E-state index contributed by atoms with van der Waals surface area (Å²) in [5, 5.41) is 14.2. The first-order chi connectivity index (χ1) is 13.4. The van der Waals surface area contributed by atoms with Crippen molar-refractivity contribution >= 4 is 49.6 Å². The lowest BCUT2D eigenvalue weighted by atomic mass is 10.2. The predicted molar refractivity (Wildman–Crippen MR) is 111 cm³/mol. The van der Waals surface area contributed by atoms with Crippen molar-refractivity contribution in [2.24, 2.45) is 5.10 Å². The first-order valence-corrected chi connectivity index (χ1v) is 9.90. The molecule has 3 rings (SSSR count). The van der Waals surface area contributed by atoms with Gasteiger partial charge in [0.05, 0.1) is 29.5 Å². The molecule has 146 valence electrons. The quantitative estimate of drug-likeness (QED) is 0.430. The molecule has 0 aliphatic carbocycles. The van der Waals surface area contributed by atoms with Crippen molar-refractivity contribution in [3.63, 3.8) is 0 Å². The van der Waals surface area contributed by atoms with Crippen LogP contribution in [-0.4, -0.2) is 33.9 Å². The third-order valence-electron chi connectivity index (χ3n) is 3.91. The number of nitrogens with one attached hydrogen (secondary N) is 1. The minimum Gasteiger partial charge on any atom is -0.503 e. The number of nitrogens with zero attached hydrogens (tertiary/aromatic N) is 3. The lowest BCUT2D eigenvalue weighted by Gasteiger charge is -2.06. The summed E-state index contributed by atoms with van der Waals surface area (Å²) in [5.41, 5.74) is 2.72. The number of ether oxygens (including phenoxy) is 1. The van der Waals surface area contributed by atoms with E-state index in [0.717, 1.165) is 11.3 Å². The molecule has 0 saturated carbocycles. The van der Waals surface area contributed by atoms with E-state index < -0.39 is 5.91 Å². The van der Waals surface area contributed by atoms with E-state index in [1.165, 1.54) is 35.6 Å². The number of carbonyl (C=O) groups is 1. The lowest BCUT2D eigenvalue weighted by molar-refractivity contribution is -0.121. The van der Waals surface area contributed by atoms with Crippen LogP contribution in [0.1, 0.15) is 17.4 Å². The zero-order chi connectivity index (χ0) is 20.3. The molecule has 0 aliphatic heterocycles. The Morgan fingerprint density at radius 3 is 2.96 bits per heavy atom. The molecule has 0 spiro atoms. The first kappa shape index (κ1) is 20.0. The fourth-order valence-corrected chi connectivity index (χ4v) is 3.87. The highest BCUT2D eigenvalue weighted by atomic mass is 79.9. The number of halogens is 1. The lowest BCUT2D eigenvalue weighted by Crippen LogP contribution is -2.29. The normalized spacial score (nSPS) is 11.2. The van der Waals surface area contributed by atoms with Gasteiger partial charge in [0, 0.05) is 4.88 Å². The van der Waals surface area contributed by atoms with Gasteiger partial charge in [-0.25, -0.2) is 10.4 Å². The molecular formula is C18H17BrN4O4S. The van der Waals surface area contributed by atoms with Crippen LogP contribution in [0.4, 0.5) is 0 Å². The number of phenols is 1. The Bertz CT molecular complexity index is 1120. The van der Waals surface area contributed by atoms with Gasteiger partial charge in [0.1, 0.15) is 11.4 Å². The van der Waals surface area contributed by atoms with E-state index in [1.54, 1.807) is 12.1 Å². The zero-order valence-corrected chi connectivity index (χ0v) is 17.5. The molecule has 1 amide bonds. The molecule has 2 N–H and O–H groups in total. The summed E-state index contributed by atoms with van der Waals surface area (Å²) in [4.78, 5) is 30.6. The van der Waals surface area contributed by atoms with Crippen LogP contribution in [0, 0.1) is 0 Å². The van der Waals surface area contributed by atoms with E-state index in [1.807, 2.05) is 13.0 Å². The van der Waals surface area contributed by atoms with Crippen LogP contribution in [0.2, 0.25) is 0 Å². The zero-order valence-electron chi connectivity index (χ0n) is 15.1. The van der Waals surface area contributed by atoms with Gasteiger partial charge in [-0.3, -0.25) is 14.2 Å². The minimum atomic E-state index is -0.463. The number of hydrogen-bond donors (Lipinski definition) is 2. The van der Waals surface area contributed by atoms with Crippen molar-refractivity contribution in [1.29, 1.82) is 0 Å². The molecule has 0 radical (unpaired) electrons. The van der Waals surface area contributed by atoms with Crippen molar-refractivity contribution in [2.45, 2.75) is 19.9 Å². The van der Waals surface area contributed by atoms with E-state index in [0.29, 0.717) is 20.3 Å². The highest BCUT2D eigenvalue weighted by Gasteiger charge is 2.11. The number of fused-ring (bicyclic) bond motifs is 1. The van der Waals surface area contributed by atoms with Gasteiger partial charge in [0.2, 0.25) is 0 Å². The molecule has 2 aromatic heterocycles. The predicted octanol–water partition coefficient (Wildman–Crippen LogP) is 2.65. The Kier molecular flexibility index (Phi) is 6.10. The molecular weight excluding hydrogens is 448 g/mol. The average molecular weight is 465 g/mol. The molecule has 0 unspecified atom stereocenters. The van der Waals surface area contributed by atoms with Gasteiger partial charge < -0.3 is 9.84 Å². The fraction of sp³-hybridized carbons (Fsp3) is 0.222. The van der Waals surface area contributed by atoms with Crippen LogP contribution in [0.5, 0.6) is 11.5 Å². The largest absolute Gasteiger partial charge is 0.503 e. The maximum absolute atomic E-state index is 12.5. The minimum absolute atomic E-state index is 0.0226. The van der Waals surface area contributed by atoms with Crippen LogP contribution in [0.15, 0.2) is 38.9 Å². The number of methoxy groups -OCH3 is 1. The standard InChI is InChI=1S/C18H17BrN4O4S/c1-3-11-6-12-17(28-11)20-9-23(18(12)26)8-15(24)22-21-7-10-4-13(19)16(25)14(5-10)27-2/h4-7,9,25H,3,8H2,1-2H3,(H,22,24). The van der Waals surface area contributed by atoms with Crippen molar-refractivity contribution in [2.75, 3.05) is 7.11 Å². The number of benzene rings is 1. The van der Waals surface area contributed by atoms with Crippen molar-refractivity contribution < 1.29 is 14.6 Å². The summed E-state index contributed by atoms with van der Waals surface area (Å²) in [6.07, 6.45) is 3.60. The number of hydrazone groups is 1. The number of aromatic hydroxyl groups is 1. The molecule has 10 heteroatoms. The number of aryl methyl sites for hydroxylation is 1. The second kappa shape index (κ2) is 8.53. The van der Waals surface area contributed by atoms with E-state index in [9.17, 15) is 14.7 Å². The van der Waals surface area contributed by atoms with E-state index in [-0.39, 0.29) is 23.6 Å². The Labute approximate surface area is 172 Å². The molecule has 0 aliphatic rings. The summed E-state index contributed by atoms with van der Waals surface area (Å²) in [7, 11) is 1.43. The van der Waals surface area contributed by atoms with Crippen molar-refractivity contribution in [3.05, 3.63) is 49.8 Å². The molecule has 3 aromatic rings. The third-order valence-corrected chi connectivity index (χ3v) is 5.70. The number of rotatable bonds is 6. The van der Waals surface area contributed by atoms with Crippen LogP contribution >= 0.6 is 27.3 Å². The molecule has 0 fully saturated rings. The smallest absolute Gasteiger partial charge is 0.262 e. The fourth-order valence-electron chi connectivity index (χ4n) is 2.49. The van der Waals surface area contributed by atoms with E-state index >= 15 is 0 Å². The molecule has 2 heterocycles. The maximum Gasteiger partial charge on any atom is 0.262 e. The van der Waals surface area contributed by atoms with Crippen LogP contribution in [0.25, 0.3) is 10.2 Å². The number of thiophene rings is 1. The Hall–Kier alpha value is -2.72. The average Bonchev–Trinajstić information content (AvgIpc) is 3.11. The van der Waals surface area contributed by atoms with Gasteiger partial charge in [-0.1, -0.05) is 6.92 Å². The van der Waals surface area contributed by atoms with Gasteiger partial charge >= 0.3 is 0 Å². The molecule has 28 heavy (non-hydrogen) atoms. The number of phenolic OH excluding ortho intramolecular Hbond substituents is 1. The highest BCUT2D eigenvalue weighted by Crippen LogP contribution is 2.34. The van der Waals surface area contributed by atoms with Crippen LogP contribution < -0.4 is 15.7 Å². The third kappa shape index (κ3) is 4.23. The van der Waals surface area contributed by atoms with Gasteiger partial charge in [-0.15, -0.1) is 11.3 Å². The summed E-state index contributed by atoms with van der Waals surface area (Å²) >= 11 is 4.69. The Morgan fingerprint density at radius 1 is 1.46 bits per heavy atom. The second-order valence-electron chi connectivity index (χ2n) is 5.81. The highest BCUT2D eigenvalue weighted by molar-refractivity contribution is 9.10. The van der Waals surface area contributed by atoms with Crippen LogP contribution in [0.3, 0.4) is 0 Å².